The van der Waals surface area contributed by atoms with Gasteiger partial charge >= 0.3 is 0 Å². The quantitative estimate of drug-likeness (QED) is 0.241. The predicted molar refractivity (Wildman–Crippen MR) is 185 cm³/mol. The van der Waals surface area contributed by atoms with Crippen LogP contribution in [0.3, 0.4) is 0 Å². The van der Waals surface area contributed by atoms with E-state index in [1.54, 1.807) is 7.11 Å². The number of carbonyl (C=O) groups is 2. The minimum absolute atomic E-state index is 0.0258. The molecule has 2 aliphatic heterocycles. The van der Waals surface area contributed by atoms with Gasteiger partial charge in [0.05, 0.1) is 32.2 Å². The van der Waals surface area contributed by atoms with E-state index in [1.807, 2.05) is 55.1 Å². The number of ketones is 1. The number of fused-ring (bicyclic) bond motifs is 1. The molecule has 2 heterocycles. The molecule has 0 radical (unpaired) electrons. The van der Waals surface area contributed by atoms with Crippen LogP contribution in [0.25, 0.3) is 0 Å². The highest BCUT2D eigenvalue weighted by molar-refractivity contribution is 6.30. The lowest BCUT2D eigenvalue weighted by Gasteiger charge is -2.39. The Kier molecular flexibility index (Phi) is 9.90. The molecule has 1 saturated heterocycles. The van der Waals surface area contributed by atoms with Crippen molar-refractivity contribution >= 4 is 34.7 Å². The molecular weight excluding hydrogens is 598 g/mol. The second-order valence-corrected chi connectivity index (χ2v) is 13.9. The zero-order valence-electron chi connectivity index (χ0n) is 27.5. The fraction of sp³-hybridized carbons (Fsp3) is 0.474. The topological polar surface area (TPSA) is 62.3 Å². The van der Waals surface area contributed by atoms with Crippen molar-refractivity contribution in [2.24, 2.45) is 5.92 Å². The van der Waals surface area contributed by atoms with Gasteiger partial charge in [-0.25, -0.2) is 0 Å². The molecule has 46 heavy (non-hydrogen) atoms. The van der Waals surface area contributed by atoms with Crippen LogP contribution in [0.5, 0.6) is 11.5 Å². The minimum Gasteiger partial charge on any atom is -0.493 e. The van der Waals surface area contributed by atoms with Gasteiger partial charge in [0.1, 0.15) is 5.78 Å². The first kappa shape index (κ1) is 32.4. The van der Waals surface area contributed by atoms with Crippen LogP contribution in [0, 0.1) is 5.92 Å². The number of Topliss-reactive ketones (excluding diaryl/α,β-unsaturated/α-hetero) is 1. The summed E-state index contributed by atoms with van der Waals surface area (Å²) in [6.45, 7) is 6.70. The summed E-state index contributed by atoms with van der Waals surface area (Å²) in [5, 5.41) is 0.652. The lowest BCUT2D eigenvalue weighted by Crippen LogP contribution is -2.45. The number of carbonyl (C=O) groups excluding carboxylic acids is 2. The van der Waals surface area contributed by atoms with Crippen LogP contribution in [-0.4, -0.2) is 62.5 Å². The molecule has 0 N–H and O–H groups in total. The first-order chi connectivity index (χ1) is 22.2. The lowest BCUT2D eigenvalue weighted by atomic mass is 9.84. The SMILES string of the molecule is COc1cc2c(cc1OC(C)C)[C@H](c1ccc(Cl)cc1)N(c1ccc(N(C)CC3CCC(N4CCCC(=O)C4)CC3)cc1)C(=O)C2. The summed E-state index contributed by atoms with van der Waals surface area (Å²) in [6.07, 6.45) is 6.73. The zero-order chi connectivity index (χ0) is 32.4. The number of nitrogens with zero attached hydrogens (tertiary/aromatic N) is 3. The van der Waals surface area contributed by atoms with E-state index < -0.39 is 0 Å². The fourth-order valence-corrected chi connectivity index (χ4v) is 7.68. The molecule has 244 valence electrons. The van der Waals surface area contributed by atoms with Crippen molar-refractivity contribution < 1.29 is 19.1 Å². The maximum atomic E-state index is 13.9. The summed E-state index contributed by atoms with van der Waals surface area (Å²) in [5.41, 5.74) is 4.92. The Hall–Kier alpha value is -3.55. The number of hydrogen-bond acceptors (Lipinski definition) is 6. The Morgan fingerprint density at radius 2 is 1.67 bits per heavy atom. The molecule has 3 aromatic rings. The van der Waals surface area contributed by atoms with Gasteiger partial charge in [-0.3, -0.25) is 14.5 Å². The number of hydrogen-bond donors (Lipinski definition) is 0. The number of piperidine rings is 1. The van der Waals surface area contributed by atoms with Crippen molar-refractivity contribution in [3.63, 3.8) is 0 Å². The van der Waals surface area contributed by atoms with Gasteiger partial charge in [-0.05, 0) is 124 Å². The number of ether oxygens (including phenoxy) is 2. The summed E-state index contributed by atoms with van der Waals surface area (Å²) < 4.78 is 11.8. The number of methoxy groups -OCH3 is 1. The first-order valence-corrected chi connectivity index (χ1v) is 17.1. The van der Waals surface area contributed by atoms with E-state index in [2.05, 4.69) is 41.1 Å². The van der Waals surface area contributed by atoms with Crippen LogP contribution in [-0.2, 0) is 16.0 Å². The molecule has 8 heteroatoms. The van der Waals surface area contributed by atoms with Crippen LogP contribution >= 0.6 is 11.6 Å². The Morgan fingerprint density at radius 1 is 0.957 bits per heavy atom. The lowest BCUT2D eigenvalue weighted by molar-refractivity contribution is -0.123. The molecule has 7 nitrogen and oxygen atoms in total. The first-order valence-electron chi connectivity index (χ1n) is 16.7. The van der Waals surface area contributed by atoms with Gasteiger partial charge in [0.25, 0.3) is 0 Å². The molecule has 6 rings (SSSR count). The third-order valence-corrected chi connectivity index (χ3v) is 10.1. The van der Waals surface area contributed by atoms with Gasteiger partial charge in [0.15, 0.2) is 11.5 Å². The highest BCUT2D eigenvalue weighted by Gasteiger charge is 2.36. The monoisotopic (exact) mass is 643 g/mol. The number of anilines is 2. The molecule has 1 atom stereocenters. The smallest absolute Gasteiger partial charge is 0.232 e. The maximum absolute atomic E-state index is 13.9. The molecule has 3 aromatic carbocycles. The molecule has 1 amide bonds. The second-order valence-electron chi connectivity index (χ2n) is 13.4. The van der Waals surface area contributed by atoms with E-state index in [0.29, 0.717) is 40.8 Å². The Bertz CT molecular complexity index is 1530. The van der Waals surface area contributed by atoms with E-state index in [-0.39, 0.29) is 24.5 Å². The van der Waals surface area contributed by atoms with Crippen molar-refractivity contribution in [2.75, 3.05) is 43.6 Å². The Balaban J connectivity index is 1.21. The summed E-state index contributed by atoms with van der Waals surface area (Å²) >= 11 is 6.28. The minimum atomic E-state index is -0.345. The summed E-state index contributed by atoms with van der Waals surface area (Å²) in [6, 6.07) is 20.3. The van der Waals surface area contributed by atoms with Crippen LogP contribution in [0.2, 0.25) is 5.02 Å². The van der Waals surface area contributed by atoms with Crippen molar-refractivity contribution in [2.45, 2.75) is 77.0 Å². The molecule has 1 aliphatic carbocycles. The van der Waals surface area contributed by atoms with Crippen molar-refractivity contribution in [3.05, 3.63) is 82.4 Å². The zero-order valence-corrected chi connectivity index (χ0v) is 28.3. The molecule has 3 aliphatic rings. The summed E-state index contributed by atoms with van der Waals surface area (Å²) in [5.74, 6) is 2.36. The number of amides is 1. The molecular formula is C38H46ClN3O4. The fourth-order valence-electron chi connectivity index (χ4n) is 7.56. The molecule has 0 spiro atoms. The van der Waals surface area contributed by atoms with Gasteiger partial charge in [-0.15, -0.1) is 0 Å². The van der Waals surface area contributed by atoms with Crippen LogP contribution in [0.4, 0.5) is 11.4 Å². The third kappa shape index (κ3) is 7.06. The Morgan fingerprint density at radius 3 is 2.33 bits per heavy atom. The highest BCUT2D eigenvalue weighted by atomic mass is 35.5. The van der Waals surface area contributed by atoms with E-state index in [1.165, 1.54) is 25.7 Å². The number of likely N-dealkylation sites (tertiary alicyclic amines) is 1. The normalized spacial score (nSPS) is 22.1. The van der Waals surface area contributed by atoms with E-state index in [4.69, 9.17) is 21.1 Å². The largest absolute Gasteiger partial charge is 0.493 e. The van der Waals surface area contributed by atoms with Crippen molar-refractivity contribution in [1.29, 1.82) is 0 Å². The van der Waals surface area contributed by atoms with Crippen molar-refractivity contribution in [1.82, 2.24) is 4.90 Å². The van der Waals surface area contributed by atoms with Crippen LogP contribution in [0.1, 0.15) is 75.1 Å². The number of rotatable bonds is 9. The van der Waals surface area contributed by atoms with E-state index >= 15 is 0 Å². The molecule has 2 fully saturated rings. The van der Waals surface area contributed by atoms with Crippen LogP contribution < -0.4 is 19.3 Å². The molecule has 1 saturated carbocycles. The van der Waals surface area contributed by atoms with Crippen LogP contribution in [0.15, 0.2) is 60.7 Å². The molecule has 0 bridgehead atoms. The van der Waals surface area contributed by atoms with Gasteiger partial charge in [0.2, 0.25) is 5.91 Å². The second kappa shape index (κ2) is 14.1. The van der Waals surface area contributed by atoms with E-state index in [0.717, 1.165) is 54.0 Å². The highest BCUT2D eigenvalue weighted by Crippen LogP contribution is 2.44. The average molecular weight is 644 g/mol. The maximum Gasteiger partial charge on any atom is 0.232 e. The third-order valence-electron chi connectivity index (χ3n) is 9.85. The summed E-state index contributed by atoms with van der Waals surface area (Å²) in [4.78, 5) is 32.6. The van der Waals surface area contributed by atoms with Gasteiger partial charge in [0, 0.05) is 42.5 Å². The summed E-state index contributed by atoms with van der Waals surface area (Å²) in [7, 11) is 3.79. The van der Waals surface area contributed by atoms with Gasteiger partial charge in [-0.2, -0.15) is 0 Å². The van der Waals surface area contributed by atoms with Crippen molar-refractivity contribution in [3.8, 4) is 11.5 Å². The molecule has 0 unspecified atom stereocenters. The van der Waals surface area contributed by atoms with Gasteiger partial charge < -0.3 is 19.3 Å². The number of halogens is 1. The Labute approximate surface area is 278 Å². The van der Waals surface area contributed by atoms with Gasteiger partial charge in [-0.1, -0.05) is 23.7 Å². The average Bonchev–Trinajstić information content (AvgIpc) is 3.05. The standard InChI is InChI=1S/C38H46ClN3O4/c1-25(2)46-36-22-34-28(20-35(36)45-4)21-37(44)42(38(34)27-9-11-29(39)12-10-27)32-17-15-30(16-18-32)40(3)23-26-7-13-31(14-8-26)41-19-5-6-33(43)24-41/h9-12,15-18,20,22,25-26,31,38H,5-8,13-14,19,21,23-24H2,1-4H3/t26?,31?,38-/m0/s1. The molecule has 0 aromatic heterocycles. The predicted octanol–water partition coefficient (Wildman–Crippen LogP) is 7.47. The number of benzene rings is 3. The van der Waals surface area contributed by atoms with E-state index in [9.17, 15) is 9.59 Å².